The van der Waals surface area contributed by atoms with E-state index in [9.17, 15) is 4.79 Å². The molecule has 1 aromatic heterocycles. The van der Waals surface area contributed by atoms with E-state index in [0.29, 0.717) is 6.61 Å². The summed E-state index contributed by atoms with van der Waals surface area (Å²) in [7, 11) is 1.65. The molecular weight excluding hydrogens is 228 g/mol. The van der Waals surface area contributed by atoms with E-state index in [0.717, 1.165) is 11.7 Å². The van der Waals surface area contributed by atoms with Gasteiger partial charge in [-0.05, 0) is 13.8 Å². The smallest absolute Gasteiger partial charge is 0.347 e. The molecule has 0 spiro atoms. The minimum atomic E-state index is -0.931. The number of nitrogens with zero attached hydrogens (tertiary/aromatic N) is 2. The average Bonchev–Trinajstić information content (AvgIpc) is 2.68. The first-order valence-corrected chi connectivity index (χ1v) is 5.86. The minimum Gasteiger partial charge on any atom is -0.477 e. The molecule has 0 radical (unpaired) electrons. The van der Waals surface area contributed by atoms with Crippen LogP contribution in [0.3, 0.4) is 0 Å². The zero-order chi connectivity index (χ0) is 12.1. The van der Waals surface area contributed by atoms with Crippen molar-refractivity contribution in [3.63, 3.8) is 0 Å². The summed E-state index contributed by atoms with van der Waals surface area (Å²) in [5.41, 5.74) is 0. The van der Waals surface area contributed by atoms with Crippen LogP contribution in [0.1, 0.15) is 23.5 Å². The third-order valence-electron chi connectivity index (χ3n) is 2.23. The zero-order valence-corrected chi connectivity index (χ0v) is 10.5. The van der Waals surface area contributed by atoms with Crippen LogP contribution in [0, 0.1) is 0 Å². The first-order chi connectivity index (χ1) is 7.60. The molecule has 5 nitrogen and oxygen atoms in total. The fraction of sp³-hybridized carbons (Fsp3) is 0.600. The normalized spacial score (nSPS) is 12.4. The largest absolute Gasteiger partial charge is 0.477 e. The van der Waals surface area contributed by atoms with Gasteiger partial charge < -0.3 is 14.7 Å². The number of carboxylic acid groups (broad SMARTS) is 1. The number of methoxy groups -OCH3 is 1. The summed E-state index contributed by atoms with van der Waals surface area (Å²) in [5, 5.41) is 9.55. The van der Waals surface area contributed by atoms with Crippen LogP contribution in [-0.4, -0.2) is 42.4 Å². The maximum absolute atomic E-state index is 10.7. The van der Waals surface area contributed by atoms with Gasteiger partial charge in [-0.2, -0.15) is 0 Å². The van der Waals surface area contributed by atoms with Gasteiger partial charge >= 0.3 is 5.97 Å². The molecule has 0 aromatic carbocycles. The lowest BCUT2D eigenvalue weighted by atomic mass is 10.3. The lowest BCUT2D eigenvalue weighted by Gasteiger charge is -2.26. The van der Waals surface area contributed by atoms with Crippen molar-refractivity contribution in [2.24, 2.45) is 0 Å². The molecule has 0 fully saturated rings. The fourth-order valence-corrected chi connectivity index (χ4v) is 2.38. The Morgan fingerprint density at radius 1 is 1.75 bits per heavy atom. The van der Waals surface area contributed by atoms with Gasteiger partial charge in [-0.15, -0.1) is 0 Å². The Kier molecular flexibility index (Phi) is 4.70. The summed E-state index contributed by atoms with van der Waals surface area (Å²) >= 11 is 1.19. The average molecular weight is 244 g/mol. The molecule has 1 atom stereocenters. The molecule has 0 aliphatic heterocycles. The number of likely N-dealkylation sites (N-methyl/N-ethyl adjacent to an activating group) is 1. The summed E-state index contributed by atoms with van der Waals surface area (Å²) < 4.78 is 5.08. The number of rotatable bonds is 6. The van der Waals surface area contributed by atoms with Gasteiger partial charge in [0.2, 0.25) is 0 Å². The maximum atomic E-state index is 10.7. The van der Waals surface area contributed by atoms with Crippen molar-refractivity contribution in [2.75, 3.05) is 25.2 Å². The van der Waals surface area contributed by atoms with Gasteiger partial charge in [-0.1, -0.05) is 11.3 Å². The quantitative estimate of drug-likeness (QED) is 0.825. The number of carbonyl (C=O) groups is 1. The molecule has 1 N–H and O–H groups in total. The van der Waals surface area contributed by atoms with Crippen LogP contribution in [0.5, 0.6) is 0 Å². The highest BCUT2D eigenvalue weighted by atomic mass is 32.1. The molecule has 90 valence electrons. The highest BCUT2D eigenvalue weighted by Gasteiger charge is 2.17. The van der Waals surface area contributed by atoms with E-state index in [1.165, 1.54) is 17.5 Å². The summed E-state index contributed by atoms with van der Waals surface area (Å²) in [6.45, 7) is 5.40. The van der Waals surface area contributed by atoms with E-state index in [-0.39, 0.29) is 10.9 Å². The van der Waals surface area contributed by atoms with E-state index in [4.69, 9.17) is 9.84 Å². The second-order valence-electron chi connectivity index (χ2n) is 3.40. The number of ether oxygens (including phenoxy) is 1. The third kappa shape index (κ3) is 2.93. The second-order valence-corrected chi connectivity index (χ2v) is 4.41. The lowest BCUT2D eigenvalue weighted by Crippen LogP contribution is -2.35. The van der Waals surface area contributed by atoms with Crippen molar-refractivity contribution >= 4 is 22.4 Å². The molecule has 1 rings (SSSR count). The Labute approximate surface area is 98.7 Å². The van der Waals surface area contributed by atoms with Crippen LogP contribution in [0.25, 0.3) is 0 Å². The van der Waals surface area contributed by atoms with Gasteiger partial charge in [0, 0.05) is 13.7 Å². The van der Waals surface area contributed by atoms with Crippen LogP contribution < -0.4 is 4.90 Å². The number of aromatic carboxylic acids is 1. The SMILES string of the molecule is CCN(c1ncc(C(=O)O)s1)C(C)COC. The van der Waals surface area contributed by atoms with Crippen molar-refractivity contribution in [2.45, 2.75) is 19.9 Å². The van der Waals surface area contributed by atoms with Crippen LogP contribution in [0.15, 0.2) is 6.20 Å². The minimum absolute atomic E-state index is 0.183. The summed E-state index contributed by atoms with van der Waals surface area (Å²) in [6, 6.07) is 0.183. The van der Waals surface area contributed by atoms with Gasteiger partial charge in [0.25, 0.3) is 0 Å². The molecule has 1 unspecified atom stereocenters. The second kappa shape index (κ2) is 5.81. The van der Waals surface area contributed by atoms with Crippen molar-refractivity contribution in [1.29, 1.82) is 0 Å². The molecule has 0 saturated carbocycles. The summed E-state index contributed by atoms with van der Waals surface area (Å²) in [5.74, 6) is -0.931. The van der Waals surface area contributed by atoms with Crippen molar-refractivity contribution in [3.8, 4) is 0 Å². The number of aromatic nitrogens is 1. The van der Waals surface area contributed by atoms with E-state index in [1.807, 2.05) is 18.7 Å². The van der Waals surface area contributed by atoms with Crippen LogP contribution >= 0.6 is 11.3 Å². The van der Waals surface area contributed by atoms with E-state index in [1.54, 1.807) is 7.11 Å². The number of carboxylic acids is 1. The van der Waals surface area contributed by atoms with Crippen molar-refractivity contribution in [1.82, 2.24) is 4.98 Å². The van der Waals surface area contributed by atoms with Gasteiger partial charge in [0.1, 0.15) is 4.88 Å². The molecule has 1 aromatic rings. The van der Waals surface area contributed by atoms with E-state index < -0.39 is 5.97 Å². The monoisotopic (exact) mass is 244 g/mol. The van der Waals surface area contributed by atoms with Crippen LogP contribution in [0.2, 0.25) is 0 Å². The maximum Gasteiger partial charge on any atom is 0.347 e. The Morgan fingerprint density at radius 2 is 2.44 bits per heavy atom. The Hall–Kier alpha value is -1.14. The predicted octanol–water partition coefficient (Wildman–Crippen LogP) is 1.70. The van der Waals surface area contributed by atoms with Crippen molar-refractivity contribution in [3.05, 3.63) is 11.1 Å². The van der Waals surface area contributed by atoms with Crippen molar-refractivity contribution < 1.29 is 14.6 Å². The number of thiazole rings is 1. The summed E-state index contributed by atoms with van der Waals surface area (Å²) in [4.78, 5) is 17.2. The molecule has 0 saturated heterocycles. The molecule has 0 amide bonds. The molecular formula is C10H16N2O3S. The molecule has 0 aliphatic carbocycles. The standard InChI is InChI=1S/C10H16N2O3S/c1-4-12(7(2)6-15-3)10-11-5-8(16-10)9(13)14/h5,7H,4,6H2,1-3H3,(H,13,14). The predicted molar refractivity (Wildman–Crippen MR) is 63.4 cm³/mol. The Bertz CT molecular complexity index is 354. The van der Waals surface area contributed by atoms with E-state index in [2.05, 4.69) is 4.98 Å². The van der Waals surface area contributed by atoms with Gasteiger partial charge in [-0.3, -0.25) is 0 Å². The molecule has 0 aliphatic rings. The zero-order valence-electron chi connectivity index (χ0n) is 9.64. The first kappa shape index (κ1) is 12.9. The number of anilines is 1. The van der Waals surface area contributed by atoms with Crippen LogP contribution in [-0.2, 0) is 4.74 Å². The number of hydrogen-bond acceptors (Lipinski definition) is 5. The fourth-order valence-electron chi connectivity index (χ4n) is 1.46. The number of hydrogen-bond donors (Lipinski definition) is 1. The summed E-state index contributed by atoms with van der Waals surface area (Å²) in [6.07, 6.45) is 1.39. The Morgan fingerprint density at radius 3 is 2.88 bits per heavy atom. The molecule has 16 heavy (non-hydrogen) atoms. The lowest BCUT2D eigenvalue weighted by molar-refractivity contribution is 0.0702. The highest BCUT2D eigenvalue weighted by molar-refractivity contribution is 7.17. The van der Waals surface area contributed by atoms with E-state index >= 15 is 0 Å². The molecule has 1 heterocycles. The van der Waals surface area contributed by atoms with Gasteiger partial charge in [-0.25, -0.2) is 9.78 Å². The van der Waals surface area contributed by atoms with Gasteiger partial charge in [0.15, 0.2) is 5.13 Å². The van der Waals surface area contributed by atoms with Crippen LogP contribution in [0.4, 0.5) is 5.13 Å². The first-order valence-electron chi connectivity index (χ1n) is 5.04. The molecule has 0 bridgehead atoms. The topological polar surface area (TPSA) is 62.7 Å². The Balaban J connectivity index is 2.82. The third-order valence-corrected chi connectivity index (χ3v) is 3.25. The molecule has 6 heteroatoms. The van der Waals surface area contributed by atoms with Gasteiger partial charge in [0.05, 0.1) is 18.8 Å². The highest BCUT2D eigenvalue weighted by Crippen LogP contribution is 2.24.